The molecular weight excluding hydrogens is 373 g/mol. The van der Waals surface area contributed by atoms with E-state index >= 15 is 0 Å². The van der Waals surface area contributed by atoms with Crippen LogP contribution in [-0.2, 0) is 6.18 Å². The van der Waals surface area contributed by atoms with Crippen molar-refractivity contribution in [2.45, 2.75) is 38.0 Å². The van der Waals surface area contributed by atoms with E-state index in [4.69, 9.17) is 4.74 Å². The summed E-state index contributed by atoms with van der Waals surface area (Å²) in [6, 6.07) is 6.74. The van der Waals surface area contributed by atoms with Gasteiger partial charge in [0.1, 0.15) is 5.75 Å². The molecule has 3 fully saturated rings. The van der Waals surface area contributed by atoms with E-state index < -0.39 is 12.0 Å². The molecule has 2 bridgehead atoms. The minimum Gasteiger partial charge on any atom is -0.439 e. The number of hydrogen-bond donors (Lipinski definition) is 2. The maximum Gasteiger partial charge on any atom is 0.449 e. The predicted molar refractivity (Wildman–Crippen MR) is 95.1 cm³/mol. The highest BCUT2D eigenvalue weighted by molar-refractivity contribution is 5.94. The first kappa shape index (κ1) is 18.8. The minimum absolute atomic E-state index is 0.120. The Kier molecular flexibility index (Phi) is 4.78. The summed E-state index contributed by atoms with van der Waals surface area (Å²) in [4.78, 5) is 20.3. The molecule has 6 nitrogen and oxygen atoms in total. The molecule has 3 aliphatic heterocycles. The molecule has 1 aromatic carbocycles. The maximum atomic E-state index is 12.6. The van der Waals surface area contributed by atoms with Gasteiger partial charge in [-0.25, -0.2) is 4.98 Å². The third-order valence-electron chi connectivity index (χ3n) is 5.64. The number of imidazole rings is 1. The van der Waals surface area contributed by atoms with Crippen LogP contribution in [0.5, 0.6) is 11.6 Å². The number of alkyl halides is 3. The van der Waals surface area contributed by atoms with Crippen LogP contribution in [0, 0.1) is 5.92 Å². The van der Waals surface area contributed by atoms with Crippen molar-refractivity contribution in [3.05, 3.63) is 41.9 Å². The number of ether oxygens (including phenoxy) is 1. The van der Waals surface area contributed by atoms with Crippen LogP contribution in [0.2, 0.25) is 0 Å². The Morgan fingerprint density at radius 1 is 1.25 bits per heavy atom. The van der Waals surface area contributed by atoms with E-state index in [0.29, 0.717) is 23.3 Å². The van der Waals surface area contributed by atoms with E-state index in [-0.39, 0.29) is 17.8 Å². The lowest BCUT2D eigenvalue weighted by Crippen LogP contribution is -2.62. The van der Waals surface area contributed by atoms with E-state index in [9.17, 15) is 18.0 Å². The van der Waals surface area contributed by atoms with E-state index in [2.05, 4.69) is 27.1 Å². The molecule has 3 saturated heterocycles. The fourth-order valence-corrected chi connectivity index (χ4v) is 4.08. The summed E-state index contributed by atoms with van der Waals surface area (Å²) in [7, 11) is 0. The highest BCUT2D eigenvalue weighted by Gasteiger charge is 2.40. The average Bonchev–Trinajstić information content (AvgIpc) is 3.14. The van der Waals surface area contributed by atoms with Gasteiger partial charge in [-0.3, -0.25) is 9.69 Å². The molecule has 5 rings (SSSR count). The summed E-state index contributed by atoms with van der Waals surface area (Å²) in [5.41, 5.74) is 0.483. The molecular formula is C19H21F3N4O2. The molecule has 2 atom stereocenters. The first-order chi connectivity index (χ1) is 13.3. The van der Waals surface area contributed by atoms with Gasteiger partial charge in [0.15, 0.2) is 0 Å². The molecule has 1 aromatic heterocycles. The van der Waals surface area contributed by atoms with Crippen molar-refractivity contribution in [1.82, 2.24) is 20.2 Å². The number of piperidine rings is 3. The Morgan fingerprint density at radius 3 is 2.50 bits per heavy atom. The zero-order chi connectivity index (χ0) is 19.9. The molecule has 28 heavy (non-hydrogen) atoms. The number of H-pyrrole nitrogens is 1. The largest absolute Gasteiger partial charge is 0.449 e. The number of aromatic amines is 1. The van der Waals surface area contributed by atoms with Gasteiger partial charge in [-0.05, 0) is 63.0 Å². The molecule has 9 heteroatoms. The number of benzene rings is 1. The monoisotopic (exact) mass is 394 g/mol. The predicted octanol–water partition coefficient (Wildman–Crippen LogP) is 3.43. The minimum atomic E-state index is -4.56. The maximum absolute atomic E-state index is 12.6. The quantitative estimate of drug-likeness (QED) is 0.834. The molecule has 150 valence electrons. The third-order valence-corrected chi connectivity index (χ3v) is 5.64. The number of hydrogen-bond acceptors (Lipinski definition) is 4. The second-order valence-corrected chi connectivity index (χ2v) is 7.33. The van der Waals surface area contributed by atoms with Crippen molar-refractivity contribution < 1.29 is 22.7 Å². The Hall–Kier alpha value is -2.55. The highest BCUT2D eigenvalue weighted by atomic mass is 19.4. The molecule has 4 heterocycles. The average molecular weight is 394 g/mol. The van der Waals surface area contributed by atoms with Gasteiger partial charge in [0, 0.05) is 17.6 Å². The number of fused-ring (bicyclic) bond motifs is 3. The van der Waals surface area contributed by atoms with Crippen LogP contribution in [0.1, 0.15) is 35.9 Å². The van der Waals surface area contributed by atoms with Crippen molar-refractivity contribution in [2.24, 2.45) is 5.92 Å². The normalized spacial score (nSPS) is 26.9. The highest BCUT2D eigenvalue weighted by Crippen LogP contribution is 2.32. The van der Waals surface area contributed by atoms with Gasteiger partial charge in [-0.15, -0.1) is 0 Å². The van der Waals surface area contributed by atoms with Gasteiger partial charge in [0.2, 0.25) is 11.7 Å². The zero-order valence-electron chi connectivity index (χ0n) is 15.3. The number of amides is 1. The second kappa shape index (κ2) is 7.12. The molecule has 2 aromatic rings. The van der Waals surface area contributed by atoms with Crippen molar-refractivity contribution >= 4 is 5.91 Å². The van der Waals surface area contributed by atoms with Crippen LogP contribution in [0.4, 0.5) is 13.2 Å². The first-order valence-electron chi connectivity index (χ1n) is 9.26. The Morgan fingerprint density at radius 2 is 1.93 bits per heavy atom. The lowest BCUT2D eigenvalue weighted by Gasteiger charge is -2.49. The van der Waals surface area contributed by atoms with E-state index in [1.165, 1.54) is 0 Å². The second-order valence-electron chi connectivity index (χ2n) is 7.33. The molecule has 0 spiro atoms. The fourth-order valence-electron chi connectivity index (χ4n) is 4.08. The number of nitrogens with zero attached hydrogens (tertiary/aromatic N) is 2. The summed E-state index contributed by atoms with van der Waals surface area (Å²) in [5, 5.41) is 3.14. The van der Waals surface area contributed by atoms with Crippen LogP contribution in [0.15, 0.2) is 30.5 Å². The van der Waals surface area contributed by atoms with E-state index in [0.717, 1.165) is 32.1 Å². The van der Waals surface area contributed by atoms with Crippen molar-refractivity contribution in [1.29, 1.82) is 0 Å². The smallest absolute Gasteiger partial charge is 0.439 e. The molecule has 0 aliphatic carbocycles. The van der Waals surface area contributed by atoms with E-state index in [1.54, 1.807) is 24.3 Å². The third kappa shape index (κ3) is 3.71. The van der Waals surface area contributed by atoms with Crippen LogP contribution in [0.3, 0.4) is 0 Å². The van der Waals surface area contributed by atoms with Crippen molar-refractivity contribution in [3.63, 3.8) is 0 Å². The Bertz CT molecular complexity index is 840. The van der Waals surface area contributed by atoms with Crippen LogP contribution in [-0.4, -0.2) is 45.9 Å². The number of aromatic nitrogens is 2. The number of carbonyl (C=O) groups excluding carboxylic acids is 1. The van der Waals surface area contributed by atoms with E-state index in [1.807, 2.05) is 0 Å². The molecule has 1 amide bonds. The summed E-state index contributed by atoms with van der Waals surface area (Å²) in [5.74, 6) is -0.575. The summed E-state index contributed by atoms with van der Waals surface area (Å²) in [6.45, 7) is 4.33. The van der Waals surface area contributed by atoms with Gasteiger partial charge < -0.3 is 15.0 Å². The summed E-state index contributed by atoms with van der Waals surface area (Å²) in [6.07, 6.45) is -1.38. The van der Waals surface area contributed by atoms with Crippen molar-refractivity contribution in [2.75, 3.05) is 13.1 Å². The summed E-state index contributed by atoms with van der Waals surface area (Å²) < 4.78 is 43.0. The molecule has 2 N–H and O–H groups in total. The van der Waals surface area contributed by atoms with Gasteiger partial charge in [0.25, 0.3) is 5.91 Å². The van der Waals surface area contributed by atoms with Gasteiger partial charge in [-0.2, -0.15) is 13.2 Å². The zero-order valence-corrected chi connectivity index (χ0v) is 15.3. The number of halogens is 3. The standard InChI is InChI=1S/C19H21F3N4O2/c1-11-16(12-6-8-26(11)9-7-12)25-17(27)13-2-4-14(5-3-13)28-15-10-23-18(24-15)19(20,21)22/h2-5,10-12,16H,6-9H2,1H3,(H,23,24)(H,25,27)/t11-,16-/m0/s1. The molecule has 0 saturated carbocycles. The Labute approximate surface area is 160 Å². The SMILES string of the molecule is C[C@H]1[C@H](NC(=O)c2ccc(Oc3cnc(C(F)(F)F)[nH]3)cc2)C2CCN1CC2. The van der Waals surface area contributed by atoms with Crippen LogP contribution in [0.25, 0.3) is 0 Å². The van der Waals surface area contributed by atoms with Gasteiger partial charge in [0.05, 0.1) is 6.20 Å². The Balaban J connectivity index is 1.39. The van der Waals surface area contributed by atoms with Gasteiger partial charge >= 0.3 is 6.18 Å². The number of rotatable bonds is 4. The molecule has 3 aliphatic rings. The lowest BCUT2D eigenvalue weighted by atomic mass is 9.79. The fraction of sp³-hybridized carbons (Fsp3) is 0.474. The summed E-state index contributed by atoms with van der Waals surface area (Å²) >= 11 is 0. The van der Waals surface area contributed by atoms with Crippen molar-refractivity contribution in [3.8, 4) is 11.6 Å². The van der Waals surface area contributed by atoms with Gasteiger partial charge in [-0.1, -0.05) is 0 Å². The molecule has 0 unspecified atom stereocenters. The number of nitrogens with one attached hydrogen (secondary N) is 2. The lowest BCUT2D eigenvalue weighted by molar-refractivity contribution is -0.144. The topological polar surface area (TPSA) is 70.2 Å². The molecule has 0 radical (unpaired) electrons. The first-order valence-corrected chi connectivity index (χ1v) is 9.26. The van der Waals surface area contributed by atoms with Crippen LogP contribution < -0.4 is 10.1 Å². The van der Waals surface area contributed by atoms with Crippen LogP contribution >= 0.6 is 0 Å². The number of carbonyl (C=O) groups is 1.